The fourth-order valence-corrected chi connectivity index (χ4v) is 2.20. The minimum absolute atomic E-state index is 0.106. The fourth-order valence-electron chi connectivity index (χ4n) is 1.68. The lowest BCUT2D eigenvalue weighted by atomic mass is 10.00. The predicted octanol–water partition coefficient (Wildman–Crippen LogP) is 1.65. The first kappa shape index (κ1) is 11.5. The summed E-state index contributed by atoms with van der Waals surface area (Å²) in [5.41, 5.74) is 0.456. The van der Waals surface area contributed by atoms with Gasteiger partial charge in [-0.25, -0.2) is 4.39 Å². The number of likely N-dealkylation sites (tertiary alicyclic amines) is 1. The van der Waals surface area contributed by atoms with Crippen LogP contribution in [0.25, 0.3) is 0 Å². The standard InChI is InChI=1S/C11H11BrFNO2/c12-10-3-8(13)1-2-9(10)11(16)14-4-7(5-14)6-15/h1-3,7,15H,4-6H2. The van der Waals surface area contributed by atoms with E-state index in [0.29, 0.717) is 23.1 Å². The summed E-state index contributed by atoms with van der Waals surface area (Å²) in [5.74, 6) is -0.319. The van der Waals surface area contributed by atoms with Crippen molar-refractivity contribution in [1.29, 1.82) is 0 Å². The molecule has 1 heterocycles. The quantitative estimate of drug-likeness (QED) is 0.899. The Kier molecular flexibility index (Phi) is 3.25. The molecule has 0 saturated carbocycles. The number of aliphatic hydroxyl groups is 1. The van der Waals surface area contributed by atoms with Gasteiger partial charge in [-0.3, -0.25) is 4.79 Å². The van der Waals surface area contributed by atoms with Crippen LogP contribution >= 0.6 is 15.9 Å². The molecule has 0 spiro atoms. The molecule has 0 radical (unpaired) electrons. The highest BCUT2D eigenvalue weighted by molar-refractivity contribution is 9.10. The summed E-state index contributed by atoms with van der Waals surface area (Å²) in [5, 5.41) is 8.85. The second-order valence-corrected chi connectivity index (χ2v) is 4.74. The van der Waals surface area contributed by atoms with Crippen LogP contribution in [0.5, 0.6) is 0 Å². The van der Waals surface area contributed by atoms with Crippen LogP contribution in [0.15, 0.2) is 22.7 Å². The van der Waals surface area contributed by atoms with E-state index in [2.05, 4.69) is 15.9 Å². The Labute approximate surface area is 101 Å². The summed E-state index contributed by atoms with van der Waals surface area (Å²) in [4.78, 5) is 13.6. The van der Waals surface area contributed by atoms with Crippen molar-refractivity contribution in [1.82, 2.24) is 4.90 Å². The van der Waals surface area contributed by atoms with Crippen LogP contribution in [0.1, 0.15) is 10.4 Å². The zero-order chi connectivity index (χ0) is 11.7. The summed E-state index contributed by atoms with van der Waals surface area (Å²) >= 11 is 3.16. The van der Waals surface area contributed by atoms with Crippen molar-refractivity contribution in [2.45, 2.75) is 0 Å². The molecule has 1 aromatic rings. The molecule has 1 N–H and O–H groups in total. The molecule has 0 aromatic heterocycles. The van der Waals surface area contributed by atoms with E-state index in [1.54, 1.807) is 4.90 Å². The summed E-state index contributed by atoms with van der Waals surface area (Å²) in [6.07, 6.45) is 0. The van der Waals surface area contributed by atoms with E-state index < -0.39 is 0 Å². The van der Waals surface area contributed by atoms with Crippen molar-refractivity contribution in [3.63, 3.8) is 0 Å². The van der Waals surface area contributed by atoms with Gasteiger partial charge in [0.05, 0.1) is 5.56 Å². The second kappa shape index (κ2) is 4.51. The Morgan fingerprint density at radius 2 is 2.25 bits per heavy atom. The molecule has 2 rings (SSSR count). The first-order valence-electron chi connectivity index (χ1n) is 4.97. The van der Waals surface area contributed by atoms with E-state index in [4.69, 9.17) is 5.11 Å². The molecule has 16 heavy (non-hydrogen) atoms. The van der Waals surface area contributed by atoms with Gasteiger partial charge in [-0.05, 0) is 34.1 Å². The van der Waals surface area contributed by atoms with Crippen LogP contribution in [0.3, 0.4) is 0 Å². The van der Waals surface area contributed by atoms with Crippen molar-refractivity contribution in [3.05, 3.63) is 34.1 Å². The number of carbonyl (C=O) groups is 1. The molecule has 0 aliphatic carbocycles. The van der Waals surface area contributed by atoms with Gasteiger partial charge in [0.25, 0.3) is 5.91 Å². The molecule has 1 aliphatic heterocycles. The Balaban J connectivity index is 2.10. The molecule has 0 bridgehead atoms. The average molecular weight is 288 g/mol. The number of hydrogen-bond acceptors (Lipinski definition) is 2. The Hall–Kier alpha value is -0.940. The van der Waals surface area contributed by atoms with Crippen LogP contribution in [0.2, 0.25) is 0 Å². The van der Waals surface area contributed by atoms with E-state index in [0.717, 1.165) is 0 Å². The third-order valence-electron chi connectivity index (χ3n) is 2.66. The summed E-state index contributed by atoms with van der Waals surface area (Å²) < 4.78 is 13.3. The highest BCUT2D eigenvalue weighted by Crippen LogP contribution is 2.23. The van der Waals surface area contributed by atoms with Gasteiger partial charge in [-0.15, -0.1) is 0 Å². The molecule has 1 aromatic carbocycles. The van der Waals surface area contributed by atoms with Gasteiger partial charge in [-0.1, -0.05) is 0 Å². The van der Waals surface area contributed by atoms with E-state index in [1.807, 2.05) is 0 Å². The van der Waals surface area contributed by atoms with Gasteiger partial charge in [0.1, 0.15) is 5.82 Å². The zero-order valence-corrected chi connectivity index (χ0v) is 10.1. The Bertz CT molecular complexity index is 418. The highest BCUT2D eigenvalue weighted by atomic mass is 79.9. The number of carbonyl (C=O) groups excluding carboxylic acids is 1. The van der Waals surface area contributed by atoms with Crippen LogP contribution in [0.4, 0.5) is 4.39 Å². The number of nitrogens with zero attached hydrogens (tertiary/aromatic N) is 1. The smallest absolute Gasteiger partial charge is 0.255 e. The topological polar surface area (TPSA) is 40.5 Å². The number of amides is 1. The SMILES string of the molecule is O=C(c1ccc(F)cc1Br)N1CC(CO)C1. The third-order valence-corrected chi connectivity index (χ3v) is 3.32. The van der Waals surface area contributed by atoms with Crippen LogP contribution in [0, 0.1) is 11.7 Å². The monoisotopic (exact) mass is 287 g/mol. The number of hydrogen-bond donors (Lipinski definition) is 1. The molecule has 1 amide bonds. The second-order valence-electron chi connectivity index (χ2n) is 3.88. The number of rotatable bonds is 2. The van der Waals surface area contributed by atoms with Crippen molar-refractivity contribution in [2.24, 2.45) is 5.92 Å². The normalized spacial score (nSPS) is 16.1. The summed E-state index contributed by atoms with van der Waals surface area (Å²) in [6, 6.07) is 4.01. The van der Waals surface area contributed by atoms with Gasteiger partial charge >= 0.3 is 0 Å². The minimum atomic E-state index is -0.375. The van der Waals surface area contributed by atoms with Crippen molar-refractivity contribution >= 4 is 21.8 Å². The molecule has 1 fully saturated rings. The van der Waals surface area contributed by atoms with Gasteiger partial charge < -0.3 is 10.0 Å². The predicted molar refractivity (Wildman–Crippen MR) is 60.6 cm³/mol. The number of benzene rings is 1. The lowest BCUT2D eigenvalue weighted by molar-refractivity contribution is 0.0361. The largest absolute Gasteiger partial charge is 0.396 e. The highest BCUT2D eigenvalue weighted by Gasteiger charge is 2.31. The van der Waals surface area contributed by atoms with Crippen molar-refractivity contribution < 1.29 is 14.3 Å². The average Bonchev–Trinajstić information content (AvgIpc) is 2.15. The first-order chi connectivity index (χ1) is 7.61. The van der Waals surface area contributed by atoms with Gasteiger partial charge in [0, 0.05) is 30.1 Å². The maximum absolute atomic E-state index is 12.8. The lowest BCUT2D eigenvalue weighted by Crippen LogP contribution is -2.51. The molecule has 86 valence electrons. The molecular formula is C11H11BrFNO2. The lowest BCUT2D eigenvalue weighted by Gasteiger charge is -2.38. The molecule has 5 heteroatoms. The van der Waals surface area contributed by atoms with Crippen LogP contribution < -0.4 is 0 Å². The van der Waals surface area contributed by atoms with E-state index in [9.17, 15) is 9.18 Å². The van der Waals surface area contributed by atoms with Gasteiger partial charge in [-0.2, -0.15) is 0 Å². The minimum Gasteiger partial charge on any atom is -0.396 e. The van der Waals surface area contributed by atoms with Crippen LogP contribution in [-0.4, -0.2) is 35.6 Å². The number of aliphatic hydroxyl groups excluding tert-OH is 1. The maximum atomic E-state index is 12.8. The number of halogens is 2. The van der Waals surface area contributed by atoms with Crippen molar-refractivity contribution in [3.8, 4) is 0 Å². The zero-order valence-electron chi connectivity index (χ0n) is 8.49. The molecule has 1 aliphatic rings. The molecule has 1 saturated heterocycles. The van der Waals surface area contributed by atoms with Gasteiger partial charge in [0.15, 0.2) is 0 Å². The first-order valence-corrected chi connectivity index (χ1v) is 5.76. The molecular weight excluding hydrogens is 277 g/mol. The Morgan fingerprint density at radius 1 is 1.56 bits per heavy atom. The van der Waals surface area contributed by atoms with Crippen molar-refractivity contribution in [2.75, 3.05) is 19.7 Å². The summed E-state index contributed by atoms with van der Waals surface area (Å²) in [6.45, 7) is 1.24. The molecule has 3 nitrogen and oxygen atoms in total. The fraction of sp³-hybridized carbons (Fsp3) is 0.364. The molecule has 0 atom stereocenters. The van der Waals surface area contributed by atoms with Gasteiger partial charge in [0.2, 0.25) is 0 Å². The Morgan fingerprint density at radius 3 is 2.81 bits per heavy atom. The summed E-state index contributed by atoms with van der Waals surface area (Å²) in [7, 11) is 0. The van der Waals surface area contributed by atoms with Crippen LogP contribution in [-0.2, 0) is 0 Å². The molecule has 0 unspecified atom stereocenters. The maximum Gasteiger partial charge on any atom is 0.255 e. The van der Waals surface area contributed by atoms with E-state index >= 15 is 0 Å². The third kappa shape index (κ3) is 2.10. The van der Waals surface area contributed by atoms with E-state index in [1.165, 1.54) is 18.2 Å². The van der Waals surface area contributed by atoms with E-state index in [-0.39, 0.29) is 24.2 Å².